The summed E-state index contributed by atoms with van der Waals surface area (Å²) in [6.45, 7) is 8.85. The Kier molecular flexibility index (Phi) is 9.37. The molecule has 0 unspecified atom stereocenters. The second-order valence-electron chi connectivity index (χ2n) is 11.1. The van der Waals surface area contributed by atoms with Crippen LogP contribution in [0.1, 0.15) is 63.2 Å². The van der Waals surface area contributed by atoms with Crippen LogP contribution in [-0.2, 0) is 38.3 Å². The van der Waals surface area contributed by atoms with Crippen LogP contribution in [0.3, 0.4) is 0 Å². The largest absolute Gasteiger partial charge is 2.00 e. The van der Waals surface area contributed by atoms with Gasteiger partial charge in [0.25, 0.3) is 0 Å². The van der Waals surface area contributed by atoms with E-state index < -0.39 is 0 Å². The first-order chi connectivity index (χ1) is 18.8. The molecule has 5 nitrogen and oxygen atoms in total. The molecule has 0 fully saturated rings. The van der Waals surface area contributed by atoms with Crippen molar-refractivity contribution in [1.29, 1.82) is 0 Å². The van der Waals surface area contributed by atoms with Crippen LogP contribution in [0, 0.1) is 0 Å². The van der Waals surface area contributed by atoms with Crippen LogP contribution >= 0.6 is 0 Å². The third-order valence-electron chi connectivity index (χ3n) is 7.40. The molecule has 206 valence electrons. The van der Waals surface area contributed by atoms with Gasteiger partial charge in [0.1, 0.15) is 0 Å². The molecule has 2 aromatic carbocycles. The van der Waals surface area contributed by atoms with Gasteiger partial charge in [0, 0.05) is 22.7 Å². The van der Waals surface area contributed by atoms with Crippen molar-refractivity contribution in [3.63, 3.8) is 0 Å². The van der Waals surface area contributed by atoms with Crippen LogP contribution < -0.4 is 5.10 Å². The summed E-state index contributed by atoms with van der Waals surface area (Å²) >= 11 is 0. The van der Waals surface area contributed by atoms with Crippen molar-refractivity contribution >= 4 is 11.4 Å². The van der Waals surface area contributed by atoms with Crippen molar-refractivity contribution in [3.8, 4) is 11.4 Å². The van der Waals surface area contributed by atoms with E-state index in [-0.39, 0.29) is 31.9 Å². The first kappa shape index (κ1) is 29.4. The molecule has 1 aliphatic carbocycles. The van der Waals surface area contributed by atoms with Crippen LogP contribution in [0.15, 0.2) is 103 Å². The Bertz CT molecular complexity index is 1460. The molecule has 0 atom stereocenters. The zero-order valence-corrected chi connectivity index (χ0v) is 25.8. The molecule has 3 aromatic heterocycles. The van der Waals surface area contributed by atoms with Gasteiger partial charge in [-0.1, -0.05) is 92.3 Å². The van der Waals surface area contributed by atoms with Crippen LogP contribution in [-0.4, -0.2) is 15.1 Å². The van der Waals surface area contributed by atoms with Crippen molar-refractivity contribution in [1.82, 2.24) is 20.2 Å². The van der Waals surface area contributed by atoms with E-state index in [1.54, 1.807) is 0 Å². The maximum absolute atomic E-state index is 4.98. The van der Waals surface area contributed by atoms with E-state index in [2.05, 4.69) is 66.4 Å². The Labute approximate surface area is 252 Å². The van der Waals surface area contributed by atoms with Gasteiger partial charge in [0.05, 0.1) is 17.1 Å². The van der Waals surface area contributed by atoms with Crippen LogP contribution in [0.25, 0.3) is 16.7 Å². The van der Waals surface area contributed by atoms with Gasteiger partial charge in [-0.05, 0) is 62.9 Å². The maximum atomic E-state index is 4.98. The Morgan fingerprint density at radius 3 is 2.02 bits per heavy atom. The van der Waals surface area contributed by atoms with Crippen molar-refractivity contribution in [2.45, 2.75) is 57.8 Å². The molecular formula is C34H35N5Pt. The summed E-state index contributed by atoms with van der Waals surface area (Å²) in [5.41, 5.74) is 8.13. The van der Waals surface area contributed by atoms with E-state index in [0.717, 1.165) is 52.7 Å². The number of hydrogen-bond acceptors (Lipinski definition) is 3. The van der Waals surface area contributed by atoms with Crippen molar-refractivity contribution in [2.75, 3.05) is 0 Å². The fourth-order valence-corrected chi connectivity index (χ4v) is 5.08. The fraction of sp³-hybridized carbons (Fsp3) is 0.265. The van der Waals surface area contributed by atoms with Crippen molar-refractivity contribution < 1.29 is 21.1 Å². The van der Waals surface area contributed by atoms with E-state index in [9.17, 15) is 0 Å². The van der Waals surface area contributed by atoms with Gasteiger partial charge >= 0.3 is 21.1 Å². The molecule has 0 saturated carbocycles. The minimum atomic E-state index is -0.267. The standard InChI is InChI=1S/C22H25N4.C12H10N.Pt/c1-21(2)13-8-9-15-19(25-26-20(15)21)16-10-7-12-18(24-16)22(3,4)17-11-5-6-14-23-17;1-3-7-11(8-4-1)13-12-9-5-2-6-10-12;/h5-7,10-12,14H,8-9,13H2,1-4H3;1-10H;/q2*-1;+2. The summed E-state index contributed by atoms with van der Waals surface area (Å²) in [5, 5.41) is 13.5. The van der Waals surface area contributed by atoms with Crippen LogP contribution in [0.2, 0.25) is 0 Å². The van der Waals surface area contributed by atoms with Gasteiger partial charge < -0.3 is 15.5 Å². The predicted octanol–water partition coefficient (Wildman–Crippen LogP) is 8.46. The summed E-state index contributed by atoms with van der Waals surface area (Å²) < 4.78 is 0. The minimum absolute atomic E-state index is 0. The summed E-state index contributed by atoms with van der Waals surface area (Å²) in [7, 11) is 0. The molecule has 40 heavy (non-hydrogen) atoms. The SMILES string of the molecule is CC1(C)CCCc2c1n[n-]c2-c1cccc(C(C)(C)c2ccccn2)n1.[Pt+2].c1ccc([N-]c2ccccc2)cc1. The third-order valence-corrected chi connectivity index (χ3v) is 7.40. The monoisotopic (exact) mass is 708 g/mol. The topological polar surface area (TPSA) is 66.9 Å². The molecule has 0 bridgehead atoms. The van der Waals surface area contributed by atoms with Crippen molar-refractivity contribution in [3.05, 3.63) is 131 Å². The molecule has 0 saturated heterocycles. The number of benzene rings is 2. The Hall–Kier alpha value is -3.56. The Morgan fingerprint density at radius 2 is 1.40 bits per heavy atom. The number of para-hydroxylation sites is 2. The normalized spacial score (nSPS) is 13.7. The van der Waals surface area contributed by atoms with Gasteiger partial charge in [-0.3, -0.25) is 9.97 Å². The van der Waals surface area contributed by atoms with Crippen LogP contribution in [0.5, 0.6) is 0 Å². The number of fused-ring (bicyclic) bond motifs is 1. The average Bonchev–Trinajstić information content (AvgIpc) is 3.41. The van der Waals surface area contributed by atoms with Gasteiger partial charge in [0.15, 0.2) is 0 Å². The molecule has 0 amide bonds. The maximum Gasteiger partial charge on any atom is 2.00 e. The van der Waals surface area contributed by atoms with Gasteiger partial charge in [-0.2, -0.15) is 0 Å². The molecule has 6 rings (SSSR count). The quantitative estimate of drug-likeness (QED) is 0.184. The van der Waals surface area contributed by atoms with E-state index in [4.69, 9.17) is 4.98 Å². The minimum Gasteiger partial charge on any atom is -0.658 e. The molecule has 0 aliphatic heterocycles. The van der Waals surface area contributed by atoms with Gasteiger partial charge in [0.2, 0.25) is 0 Å². The molecule has 3 heterocycles. The third kappa shape index (κ3) is 6.59. The smallest absolute Gasteiger partial charge is 0.658 e. The van der Waals surface area contributed by atoms with E-state index >= 15 is 0 Å². The predicted molar refractivity (Wildman–Crippen MR) is 159 cm³/mol. The average molecular weight is 709 g/mol. The zero-order valence-electron chi connectivity index (χ0n) is 23.5. The number of pyridine rings is 2. The number of hydrogen-bond donors (Lipinski definition) is 0. The zero-order chi connectivity index (χ0) is 27.3. The molecule has 0 N–H and O–H groups in total. The Morgan fingerprint density at radius 1 is 0.775 bits per heavy atom. The number of nitrogens with zero attached hydrogens (tertiary/aromatic N) is 5. The molecule has 1 aliphatic rings. The number of aromatic nitrogens is 4. The van der Waals surface area contributed by atoms with Crippen LogP contribution in [0.4, 0.5) is 11.4 Å². The summed E-state index contributed by atoms with van der Waals surface area (Å²) in [6, 6.07) is 32.1. The summed E-state index contributed by atoms with van der Waals surface area (Å²) in [5.74, 6) is 0. The van der Waals surface area contributed by atoms with E-state index in [1.807, 2.05) is 85.1 Å². The summed E-state index contributed by atoms with van der Waals surface area (Å²) in [4.78, 5) is 9.52. The van der Waals surface area contributed by atoms with Gasteiger partial charge in [-0.15, -0.1) is 11.4 Å². The van der Waals surface area contributed by atoms with E-state index in [1.165, 1.54) is 12.0 Å². The second kappa shape index (κ2) is 12.7. The first-order valence-electron chi connectivity index (χ1n) is 13.6. The van der Waals surface area contributed by atoms with Gasteiger partial charge in [-0.25, -0.2) is 0 Å². The Balaban J connectivity index is 0.000000223. The molecule has 0 radical (unpaired) electrons. The fourth-order valence-electron chi connectivity index (χ4n) is 5.08. The molecule has 6 heteroatoms. The molecule has 0 spiro atoms. The molecule has 5 aromatic rings. The summed E-state index contributed by atoms with van der Waals surface area (Å²) in [6.07, 6.45) is 5.22. The van der Waals surface area contributed by atoms with E-state index in [0.29, 0.717) is 0 Å². The van der Waals surface area contributed by atoms with Crippen molar-refractivity contribution in [2.24, 2.45) is 0 Å². The number of rotatable bonds is 5. The second-order valence-corrected chi connectivity index (χ2v) is 11.1. The first-order valence-corrected chi connectivity index (χ1v) is 13.6. The molecular weight excluding hydrogens is 673 g/mol.